The summed E-state index contributed by atoms with van der Waals surface area (Å²) in [5.74, 6) is 0. The number of thiophene rings is 1. The van der Waals surface area contributed by atoms with E-state index in [1.807, 2.05) is 12.1 Å². The third-order valence-corrected chi connectivity index (χ3v) is 3.88. The lowest BCUT2D eigenvalue weighted by atomic mass is 10.2. The van der Waals surface area contributed by atoms with E-state index in [-0.39, 0.29) is 0 Å². The van der Waals surface area contributed by atoms with Crippen LogP contribution in [0.4, 0.5) is 5.69 Å². The molecule has 2 N–H and O–H groups in total. The van der Waals surface area contributed by atoms with Gasteiger partial charge in [-0.2, -0.15) is 0 Å². The van der Waals surface area contributed by atoms with E-state index in [4.69, 9.17) is 5.73 Å². The highest BCUT2D eigenvalue weighted by molar-refractivity contribution is 14.1. The van der Waals surface area contributed by atoms with Crippen LogP contribution in [0, 0.1) is 2.88 Å². The topological polar surface area (TPSA) is 26.0 Å². The third-order valence-electron chi connectivity index (χ3n) is 1.64. The number of halogens is 1. The molecule has 1 heterocycles. The van der Waals surface area contributed by atoms with Gasteiger partial charge >= 0.3 is 0 Å². The van der Waals surface area contributed by atoms with Crippen molar-refractivity contribution in [3.8, 4) is 0 Å². The lowest BCUT2D eigenvalue weighted by Gasteiger charge is -1.97. The van der Waals surface area contributed by atoms with E-state index in [2.05, 4.69) is 41.3 Å². The average Bonchev–Trinajstić information content (AvgIpc) is 2.30. The van der Waals surface area contributed by atoms with Crippen LogP contribution < -0.4 is 5.73 Å². The van der Waals surface area contributed by atoms with Crippen LogP contribution in [0.2, 0.25) is 0 Å². The van der Waals surface area contributed by atoms with Crippen LogP contribution in [0.1, 0.15) is 0 Å². The minimum Gasteiger partial charge on any atom is -0.398 e. The fourth-order valence-electron chi connectivity index (χ4n) is 1.06. The Labute approximate surface area is 93.5 Å². The standard InChI is InChI=1S/C8H6INS2/c9-8-2-4-1-6(11)5(10)3-7(4)12-8/h1-3,11H,10H2. The van der Waals surface area contributed by atoms with Gasteiger partial charge in [0, 0.05) is 15.3 Å². The zero-order valence-electron chi connectivity index (χ0n) is 6.04. The average molecular weight is 307 g/mol. The van der Waals surface area contributed by atoms with Gasteiger partial charge in [-0.25, -0.2) is 0 Å². The molecule has 2 aromatic rings. The predicted octanol–water partition coefficient (Wildman–Crippen LogP) is 3.38. The first-order valence-corrected chi connectivity index (χ1v) is 5.68. The Bertz CT molecular complexity index is 397. The summed E-state index contributed by atoms with van der Waals surface area (Å²) in [6.07, 6.45) is 0. The second kappa shape index (κ2) is 3.08. The Morgan fingerprint density at radius 1 is 1.33 bits per heavy atom. The van der Waals surface area contributed by atoms with Crippen LogP contribution in [0.3, 0.4) is 0 Å². The molecule has 1 aromatic heterocycles. The molecule has 0 saturated heterocycles. The Balaban J connectivity index is 2.83. The van der Waals surface area contributed by atoms with Crippen LogP contribution >= 0.6 is 46.6 Å². The highest BCUT2D eigenvalue weighted by Gasteiger charge is 2.02. The molecule has 0 unspecified atom stereocenters. The van der Waals surface area contributed by atoms with Gasteiger partial charge in [0.05, 0.1) is 2.88 Å². The minimum absolute atomic E-state index is 0.754. The Kier molecular flexibility index (Phi) is 2.22. The van der Waals surface area contributed by atoms with Gasteiger partial charge in [0.15, 0.2) is 0 Å². The van der Waals surface area contributed by atoms with E-state index in [9.17, 15) is 0 Å². The van der Waals surface area contributed by atoms with Crippen molar-refractivity contribution in [2.24, 2.45) is 0 Å². The summed E-state index contributed by atoms with van der Waals surface area (Å²) in [5, 5.41) is 1.23. The van der Waals surface area contributed by atoms with Crippen molar-refractivity contribution in [3.05, 3.63) is 21.1 Å². The highest BCUT2D eigenvalue weighted by atomic mass is 127. The number of anilines is 1. The summed E-state index contributed by atoms with van der Waals surface area (Å²) < 4.78 is 2.51. The molecule has 0 atom stereocenters. The van der Waals surface area contributed by atoms with E-state index in [1.54, 1.807) is 11.3 Å². The Morgan fingerprint density at radius 3 is 2.83 bits per heavy atom. The van der Waals surface area contributed by atoms with Crippen molar-refractivity contribution in [1.29, 1.82) is 0 Å². The maximum absolute atomic E-state index is 5.72. The van der Waals surface area contributed by atoms with Crippen molar-refractivity contribution in [2.45, 2.75) is 4.90 Å². The fourth-order valence-corrected chi connectivity index (χ4v) is 3.13. The van der Waals surface area contributed by atoms with E-state index in [1.165, 1.54) is 13.0 Å². The number of hydrogen-bond donors (Lipinski definition) is 2. The summed E-state index contributed by atoms with van der Waals surface area (Å²) in [6.45, 7) is 0. The van der Waals surface area contributed by atoms with Crippen molar-refractivity contribution < 1.29 is 0 Å². The molecule has 0 aliphatic heterocycles. The molecule has 0 radical (unpaired) electrons. The number of benzene rings is 1. The molecule has 0 saturated carbocycles. The maximum atomic E-state index is 5.72. The van der Waals surface area contributed by atoms with Gasteiger partial charge in [0.1, 0.15) is 0 Å². The van der Waals surface area contributed by atoms with Crippen LogP contribution in [-0.2, 0) is 0 Å². The highest BCUT2D eigenvalue weighted by Crippen LogP contribution is 2.31. The summed E-state index contributed by atoms with van der Waals surface area (Å²) in [5.41, 5.74) is 6.48. The molecule has 12 heavy (non-hydrogen) atoms. The van der Waals surface area contributed by atoms with Crippen molar-refractivity contribution in [3.63, 3.8) is 0 Å². The summed E-state index contributed by atoms with van der Waals surface area (Å²) in [6, 6.07) is 6.12. The van der Waals surface area contributed by atoms with Gasteiger partial charge in [-0.1, -0.05) is 0 Å². The quantitative estimate of drug-likeness (QED) is 0.435. The number of nitrogen functional groups attached to an aromatic ring is 1. The molecule has 62 valence electrons. The normalized spacial score (nSPS) is 10.8. The predicted molar refractivity (Wildman–Crippen MR) is 66.2 cm³/mol. The monoisotopic (exact) mass is 307 g/mol. The molecule has 0 spiro atoms. The maximum Gasteiger partial charge on any atom is 0.0666 e. The molecule has 2 rings (SSSR count). The Morgan fingerprint density at radius 2 is 2.08 bits per heavy atom. The molecular weight excluding hydrogens is 301 g/mol. The molecule has 0 aliphatic carbocycles. The summed E-state index contributed by atoms with van der Waals surface area (Å²) in [4.78, 5) is 0.858. The summed E-state index contributed by atoms with van der Waals surface area (Å²) >= 11 is 8.32. The first kappa shape index (κ1) is 8.65. The Hall–Kier alpha value is 0.0600. The largest absolute Gasteiger partial charge is 0.398 e. The van der Waals surface area contributed by atoms with E-state index in [0.717, 1.165) is 10.6 Å². The fraction of sp³-hybridized carbons (Fsp3) is 0. The minimum atomic E-state index is 0.754. The lowest BCUT2D eigenvalue weighted by Crippen LogP contribution is -1.84. The van der Waals surface area contributed by atoms with Gasteiger partial charge in [-0.05, 0) is 46.2 Å². The van der Waals surface area contributed by atoms with Crippen LogP contribution in [0.25, 0.3) is 10.1 Å². The molecule has 4 heteroatoms. The number of fused-ring (bicyclic) bond motifs is 1. The number of thiol groups is 1. The van der Waals surface area contributed by atoms with E-state index in [0.29, 0.717) is 0 Å². The number of nitrogens with two attached hydrogens (primary N) is 1. The molecule has 0 amide bonds. The van der Waals surface area contributed by atoms with Gasteiger partial charge < -0.3 is 5.73 Å². The summed E-state index contributed by atoms with van der Waals surface area (Å²) in [7, 11) is 0. The zero-order valence-corrected chi connectivity index (χ0v) is 9.91. The van der Waals surface area contributed by atoms with Crippen molar-refractivity contribution in [2.75, 3.05) is 5.73 Å². The molecule has 1 aromatic carbocycles. The first-order chi connectivity index (χ1) is 5.66. The second-order valence-electron chi connectivity index (χ2n) is 2.50. The van der Waals surface area contributed by atoms with Gasteiger partial charge in [0.2, 0.25) is 0 Å². The third kappa shape index (κ3) is 1.43. The van der Waals surface area contributed by atoms with Crippen molar-refractivity contribution in [1.82, 2.24) is 0 Å². The second-order valence-corrected chi connectivity index (χ2v) is 5.96. The van der Waals surface area contributed by atoms with Crippen LogP contribution in [0.15, 0.2) is 23.1 Å². The van der Waals surface area contributed by atoms with Gasteiger partial charge in [-0.3, -0.25) is 0 Å². The molecule has 0 aliphatic rings. The van der Waals surface area contributed by atoms with E-state index >= 15 is 0 Å². The molecule has 1 nitrogen and oxygen atoms in total. The van der Waals surface area contributed by atoms with Gasteiger partial charge in [0.25, 0.3) is 0 Å². The lowest BCUT2D eigenvalue weighted by molar-refractivity contribution is 1.53. The molecule has 0 bridgehead atoms. The first-order valence-electron chi connectivity index (χ1n) is 3.34. The number of hydrogen-bond acceptors (Lipinski definition) is 3. The number of rotatable bonds is 0. The molecular formula is C8H6INS2. The SMILES string of the molecule is Nc1cc2sc(I)cc2cc1S. The van der Waals surface area contributed by atoms with E-state index < -0.39 is 0 Å². The van der Waals surface area contributed by atoms with Gasteiger partial charge in [-0.15, -0.1) is 24.0 Å². The van der Waals surface area contributed by atoms with Crippen LogP contribution in [0.5, 0.6) is 0 Å². The van der Waals surface area contributed by atoms with Crippen LogP contribution in [-0.4, -0.2) is 0 Å². The zero-order chi connectivity index (χ0) is 8.72. The smallest absolute Gasteiger partial charge is 0.0666 e. The molecule has 0 fully saturated rings. The van der Waals surface area contributed by atoms with Crippen molar-refractivity contribution >= 4 is 62.3 Å².